The highest BCUT2D eigenvalue weighted by Crippen LogP contribution is 2.18. The van der Waals surface area contributed by atoms with E-state index in [2.05, 4.69) is 43.8 Å². The second-order valence-corrected chi connectivity index (χ2v) is 13.1. The van der Waals surface area contributed by atoms with Crippen molar-refractivity contribution < 1.29 is 4.57 Å². The zero-order chi connectivity index (χ0) is 28.8. The fourth-order valence-electron chi connectivity index (χ4n) is 6.26. The number of nitrogens with zero attached hydrogens (tertiary/aromatic N) is 1. The van der Waals surface area contributed by atoms with E-state index in [4.69, 9.17) is 0 Å². The van der Waals surface area contributed by atoms with Gasteiger partial charge >= 0.3 is 0 Å². The fraction of sp³-hybridized carbons (Fsp3) is 0.872. The van der Waals surface area contributed by atoms with E-state index >= 15 is 0 Å². The highest BCUT2D eigenvalue weighted by Gasteiger charge is 2.10. The zero-order valence-electron chi connectivity index (χ0n) is 28.1. The van der Waals surface area contributed by atoms with Gasteiger partial charge in [-0.15, -0.1) is 0 Å². The van der Waals surface area contributed by atoms with Gasteiger partial charge in [-0.1, -0.05) is 175 Å². The molecular weight excluding hydrogens is 482 g/mol. The van der Waals surface area contributed by atoms with E-state index < -0.39 is 0 Å². The quantitative estimate of drug-likeness (QED) is 0.0632. The summed E-state index contributed by atoms with van der Waals surface area (Å²) in [6.45, 7) is 8.14. The summed E-state index contributed by atoms with van der Waals surface area (Å²) in [7, 11) is 0. The second kappa shape index (κ2) is 29.6. The van der Waals surface area contributed by atoms with Gasteiger partial charge in [-0.3, -0.25) is 0 Å². The van der Waals surface area contributed by atoms with Crippen LogP contribution in [0.4, 0.5) is 0 Å². The van der Waals surface area contributed by atoms with E-state index in [0.717, 1.165) is 0 Å². The van der Waals surface area contributed by atoms with Crippen molar-refractivity contribution in [3.63, 3.8) is 0 Å². The zero-order valence-corrected chi connectivity index (χ0v) is 28.1. The predicted molar refractivity (Wildman–Crippen MR) is 180 cm³/mol. The first-order valence-electron chi connectivity index (χ1n) is 18.8. The molecule has 0 aliphatic carbocycles. The van der Waals surface area contributed by atoms with Crippen LogP contribution in [0.3, 0.4) is 0 Å². The first-order chi connectivity index (χ1) is 19.8. The molecule has 0 aliphatic rings. The maximum atomic E-state index is 2.54. The van der Waals surface area contributed by atoms with Crippen LogP contribution in [0, 0.1) is 0 Å². The monoisotopic (exact) mass is 557 g/mol. The molecule has 0 N–H and O–H groups in total. The molecule has 0 bridgehead atoms. The van der Waals surface area contributed by atoms with Gasteiger partial charge in [0.15, 0.2) is 12.4 Å². The van der Waals surface area contributed by atoms with Crippen LogP contribution in [0.2, 0.25) is 0 Å². The lowest BCUT2D eigenvalue weighted by Crippen LogP contribution is -2.34. The molecule has 1 aromatic heterocycles. The van der Waals surface area contributed by atoms with Crippen molar-refractivity contribution in [2.75, 3.05) is 0 Å². The Morgan fingerprint density at radius 3 is 1.10 bits per heavy atom. The molecule has 0 atom stereocenters. The van der Waals surface area contributed by atoms with Crippen molar-refractivity contribution in [2.24, 2.45) is 0 Å². The lowest BCUT2D eigenvalue weighted by molar-refractivity contribution is -0.697. The molecule has 1 rings (SSSR count). The summed E-state index contributed by atoms with van der Waals surface area (Å²) in [6.07, 6.45) is 47.4. The van der Waals surface area contributed by atoms with E-state index in [0.29, 0.717) is 0 Å². The van der Waals surface area contributed by atoms with Gasteiger partial charge in [0.2, 0.25) is 0 Å². The van der Waals surface area contributed by atoms with Crippen LogP contribution in [0.5, 0.6) is 0 Å². The summed E-state index contributed by atoms with van der Waals surface area (Å²) < 4.78 is 2.52. The van der Waals surface area contributed by atoms with Gasteiger partial charge < -0.3 is 0 Å². The van der Waals surface area contributed by atoms with E-state index in [9.17, 15) is 0 Å². The minimum Gasteiger partial charge on any atom is -0.205 e. The minimum atomic E-state index is 1.21. The normalized spacial score (nSPS) is 11.5. The maximum absolute atomic E-state index is 2.54. The van der Waals surface area contributed by atoms with Gasteiger partial charge in [0, 0.05) is 18.1 Å². The van der Waals surface area contributed by atoms with Gasteiger partial charge in [0.05, 0.1) is 0 Å². The Kier molecular flexibility index (Phi) is 27.5. The Bertz CT molecular complexity index is 636. The first kappa shape index (κ1) is 37.2. The largest absolute Gasteiger partial charge is 0.205 e. The molecule has 0 aromatic carbocycles. The SMILES string of the molecule is CCCCCCCCCCCC[n+]1ccc(CCCCCCCCCCC)c(CCCCCCCCCCC)c1. The molecule has 1 aromatic rings. The van der Waals surface area contributed by atoms with Crippen LogP contribution in [-0.4, -0.2) is 0 Å². The third-order valence-electron chi connectivity index (χ3n) is 9.07. The summed E-state index contributed by atoms with van der Waals surface area (Å²) in [4.78, 5) is 0. The fourth-order valence-corrected chi connectivity index (χ4v) is 6.26. The Morgan fingerprint density at radius 1 is 0.375 bits per heavy atom. The molecule has 0 amide bonds. The molecule has 0 aliphatic heterocycles. The molecule has 234 valence electrons. The van der Waals surface area contributed by atoms with Gasteiger partial charge in [0.1, 0.15) is 6.54 Å². The molecular formula is C39H74N+. The van der Waals surface area contributed by atoms with E-state index in [-0.39, 0.29) is 0 Å². The number of unbranched alkanes of at least 4 members (excludes halogenated alkanes) is 25. The maximum Gasteiger partial charge on any atom is 0.172 e. The average molecular weight is 557 g/mol. The third-order valence-corrected chi connectivity index (χ3v) is 9.07. The van der Waals surface area contributed by atoms with E-state index in [1.807, 2.05) is 0 Å². The van der Waals surface area contributed by atoms with Crippen molar-refractivity contribution in [3.8, 4) is 0 Å². The van der Waals surface area contributed by atoms with Crippen molar-refractivity contribution in [1.29, 1.82) is 0 Å². The van der Waals surface area contributed by atoms with Crippen LogP contribution in [0.1, 0.15) is 212 Å². The molecule has 0 saturated heterocycles. The molecule has 0 fully saturated rings. The molecule has 1 heteroatoms. The van der Waals surface area contributed by atoms with Crippen LogP contribution in [0.25, 0.3) is 0 Å². The Hall–Kier alpha value is -0.850. The first-order valence-corrected chi connectivity index (χ1v) is 18.8. The lowest BCUT2D eigenvalue weighted by atomic mass is 9.97. The minimum absolute atomic E-state index is 1.21. The lowest BCUT2D eigenvalue weighted by Gasteiger charge is -2.10. The molecule has 0 spiro atoms. The Morgan fingerprint density at radius 2 is 0.700 bits per heavy atom. The van der Waals surface area contributed by atoms with Crippen LogP contribution in [-0.2, 0) is 19.4 Å². The van der Waals surface area contributed by atoms with Gasteiger partial charge in [-0.2, -0.15) is 0 Å². The number of hydrogen-bond acceptors (Lipinski definition) is 0. The number of hydrogen-bond donors (Lipinski definition) is 0. The van der Waals surface area contributed by atoms with Gasteiger partial charge in [-0.05, 0) is 37.7 Å². The average Bonchev–Trinajstić information content (AvgIpc) is 2.97. The Balaban J connectivity index is 2.37. The molecule has 0 radical (unpaired) electrons. The second-order valence-electron chi connectivity index (χ2n) is 13.1. The molecule has 0 saturated carbocycles. The highest BCUT2D eigenvalue weighted by molar-refractivity contribution is 5.21. The van der Waals surface area contributed by atoms with Crippen LogP contribution in [0.15, 0.2) is 18.5 Å². The van der Waals surface area contributed by atoms with Crippen molar-refractivity contribution in [1.82, 2.24) is 0 Å². The number of pyridine rings is 1. The topological polar surface area (TPSA) is 3.88 Å². The summed E-state index contributed by atoms with van der Waals surface area (Å²) in [5.74, 6) is 0. The van der Waals surface area contributed by atoms with Gasteiger partial charge in [0.25, 0.3) is 0 Å². The summed E-state index contributed by atoms with van der Waals surface area (Å²) in [6, 6.07) is 2.49. The summed E-state index contributed by atoms with van der Waals surface area (Å²) in [5.41, 5.74) is 3.32. The molecule has 1 heterocycles. The number of aryl methyl sites for hydroxylation is 3. The standard InChI is InChI=1S/C39H74N/c1-4-7-10-13-16-19-22-25-28-31-35-40-36-34-38(32-29-26-23-20-17-14-11-8-5-2)39(37-40)33-30-27-24-21-18-15-12-9-6-3/h34,36-37H,4-33,35H2,1-3H3/q+1. The highest BCUT2D eigenvalue weighted by atomic mass is 14.9. The van der Waals surface area contributed by atoms with Crippen molar-refractivity contribution in [3.05, 3.63) is 29.6 Å². The smallest absolute Gasteiger partial charge is 0.172 e. The van der Waals surface area contributed by atoms with Crippen LogP contribution < -0.4 is 4.57 Å². The summed E-state index contributed by atoms with van der Waals surface area (Å²) >= 11 is 0. The number of aromatic nitrogens is 1. The van der Waals surface area contributed by atoms with Crippen molar-refractivity contribution in [2.45, 2.75) is 220 Å². The molecule has 1 nitrogen and oxygen atoms in total. The van der Waals surface area contributed by atoms with Crippen LogP contribution >= 0.6 is 0 Å². The summed E-state index contributed by atoms with van der Waals surface area (Å²) in [5, 5.41) is 0. The molecule has 0 unspecified atom stereocenters. The van der Waals surface area contributed by atoms with E-state index in [1.165, 1.54) is 199 Å². The van der Waals surface area contributed by atoms with Gasteiger partial charge in [-0.25, -0.2) is 4.57 Å². The molecule has 40 heavy (non-hydrogen) atoms. The van der Waals surface area contributed by atoms with E-state index in [1.54, 1.807) is 11.1 Å². The Labute approximate surface area is 253 Å². The van der Waals surface area contributed by atoms with Crippen molar-refractivity contribution >= 4 is 0 Å². The third kappa shape index (κ3) is 22.8. The predicted octanol–water partition coefficient (Wildman–Crippen LogP) is 13.0. The number of rotatable bonds is 31.